The lowest BCUT2D eigenvalue weighted by Gasteiger charge is -2.58. The molecular formula is C30H36O2. The van der Waals surface area contributed by atoms with Crippen LogP contribution in [0.25, 0.3) is 10.8 Å². The summed E-state index contributed by atoms with van der Waals surface area (Å²) in [6, 6.07) is 8.80. The second-order valence-corrected chi connectivity index (χ2v) is 13.5. The summed E-state index contributed by atoms with van der Waals surface area (Å²) in [5.74, 6) is 5.61. The summed E-state index contributed by atoms with van der Waals surface area (Å²) in [6.07, 6.45) is 16.8. The van der Waals surface area contributed by atoms with E-state index in [9.17, 15) is 10.2 Å². The maximum Gasteiger partial charge on any atom is 0.165 e. The minimum absolute atomic E-state index is 0.0473. The SMILES string of the molecule is Oc1ccc2cc(C34CC5CC(CC(C5)C3)C4)cc(C34CC5CC(CC(C5)C3)C4)c2c1O. The van der Waals surface area contributed by atoms with Crippen LogP contribution in [0.2, 0.25) is 0 Å². The van der Waals surface area contributed by atoms with Crippen LogP contribution in [-0.2, 0) is 10.8 Å². The molecular weight excluding hydrogens is 392 g/mol. The molecule has 0 radical (unpaired) electrons. The zero-order valence-corrected chi connectivity index (χ0v) is 19.2. The third kappa shape index (κ3) is 2.42. The monoisotopic (exact) mass is 428 g/mol. The Morgan fingerprint density at radius 2 is 1.06 bits per heavy atom. The van der Waals surface area contributed by atoms with Gasteiger partial charge in [0.15, 0.2) is 11.5 Å². The molecule has 2 nitrogen and oxygen atoms in total. The van der Waals surface area contributed by atoms with Crippen molar-refractivity contribution in [2.24, 2.45) is 35.5 Å². The second-order valence-electron chi connectivity index (χ2n) is 13.5. The molecule has 8 aliphatic carbocycles. The zero-order valence-electron chi connectivity index (χ0n) is 19.2. The van der Waals surface area contributed by atoms with E-state index < -0.39 is 0 Å². The molecule has 2 N–H and O–H groups in total. The Bertz CT molecular complexity index is 1060. The van der Waals surface area contributed by atoms with Crippen LogP contribution in [0.15, 0.2) is 24.3 Å². The van der Waals surface area contributed by atoms with Crippen LogP contribution in [0.3, 0.4) is 0 Å². The van der Waals surface area contributed by atoms with Gasteiger partial charge in [0.05, 0.1) is 0 Å². The highest BCUT2D eigenvalue weighted by Gasteiger charge is 2.54. The quantitative estimate of drug-likeness (QED) is 0.497. The van der Waals surface area contributed by atoms with E-state index in [0.29, 0.717) is 5.41 Å². The topological polar surface area (TPSA) is 40.5 Å². The van der Waals surface area contributed by atoms with E-state index in [-0.39, 0.29) is 16.9 Å². The first-order valence-electron chi connectivity index (χ1n) is 13.5. The average Bonchev–Trinajstić information content (AvgIpc) is 2.74. The lowest BCUT2D eigenvalue weighted by Crippen LogP contribution is -2.50. The fourth-order valence-corrected chi connectivity index (χ4v) is 11.1. The van der Waals surface area contributed by atoms with Crippen molar-refractivity contribution in [1.82, 2.24) is 0 Å². The van der Waals surface area contributed by atoms with Gasteiger partial charge in [-0.1, -0.05) is 18.2 Å². The first kappa shape index (κ1) is 18.7. The number of fused-ring (bicyclic) bond motifs is 1. The van der Waals surface area contributed by atoms with Crippen molar-refractivity contribution in [3.05, 3.63) is 35.4 Å². The lowest BCUT2D eigenvalue weighted by atomic mass is 9.46. The summed E-state index contributed by atoms with van der Waals surface area (Å²) in [7, 11) is 0. The average molecular weight is 429 g/mol. The van der Waals surface area contributed by atoms with Gasteiger partial charge < -0.3 is 10.2 Å². The Morgan fingerprint density at radius 3 is 1.56 bits per heavy atom. The molecule has 0 unspecified atom stereocenters. The van der Waals surface area contributed by atoms with Crippen molar-refractivity contribution in [1.29, 1.82) is 0 Å². The molecule has 0 saturated heterocycles. The standard InChI is InChI=1S/C30H36O2/c31-26-2-1-23-9-24(29-11-17-3-18(12-29)5-19(4-17)13-29)10-25(27(23)28(26)32)30-14-20-6-21(15-30)8-22(7-20)16-30/h1-2,9-10,17-22,31-32H,3-8,11-16H2. The molecule has 0 heterocycles. The van der Waals surface area contributed by atoms with Crippen LogP contribution in [0, 0.1) is 35.5 Å². The molecule has 0 aromatic heterocycles. The zero-order chi connectivity index (χ0) is 21.2. The summed E-state index contributed by atoms with van der Waals surface area (Å²) in [5, 5.41) is 23.7. The lowest BCUT2D eigenvalue weighted by molar-refractivity contribution is -0.00790. The van der Waals surface area contributed by atoms with Crippen LogP contribution >= 0.6 is 0 Å². The molecule has 168 valence electrons. The van der Waals surface area contributed by atoms with Crippen LogP contribution in [0.4, 0.5) is 0 Å². The summed E-state index contributed by atoms with van der Waals surface area (Å²) < 4.78 is 0. The number of hydrogen-bond acceptors (Lipinski definition) is 2. The fraction of sp³-hybridized carbons (Fsp3) is 0.667. The Labute approximate surface area is 191 Å². The van der Waals surface area contributed by atoms with Crippen molar-refractivity contribution in [3.63, 3.8) is 0 Å². The van der Waals surface area contributed by atoms with Crippen molar-refractivity contribution < 1.29 is 10.2 Å². The molecule has 2 aromatic rings. The minimum Gasteiger partial charge on any atom is -0.504 e. The molecule has 8 bridgehead atoms. The van der Waals surface area contributed by atoms with Crippen molar-refractivity contribution >= 4 is 10.8 Å². The normalized spacial score (nSPS) is 45.8. The molecule has 0 atom stereocenters. The number of phenols is 2. The van der Waals surface area contributed by atoms with Gasteiger partial charge >= 0.3 is 0 Å². The van der Waals surface area contributed by atoms with E-state index in [1.54, 1.807) is 11.6 Å². The van der Waals surface area contributed by atoms with Crippen molar-refractivity contribution in [2.45, 2.75) is 87.9 Å². The number of rotatable bonds is 2. The number of phenolic OH excluding ortho intramolecular Hbond substituents is 2. The molecule has 0 amide bonds. The van der Waals surface area contributed by atoms with Gasteiger partial charge in [-0.2, -0.15) is 0 Å². The highest BCUT2D eigenvalue weighted by Crippen LogP contribution is 2.64. The summed E-state index contributed by atoms with van der Waals surface area (Å²) in [5.41, 5.74) is 3.58. The Balaban J connectivity index is 1.36. The molecule has 2 aromatic carbocycles. The fourth-order valence-electron chi connectivity index (χ4n) is 11.1. The van der Waals surface area contributed by atoms with Gasteiger partial charge in [-0.3, -0.25) is 0 Å². The Morgan fingerprint density at radius 1 is 0.594 bits per heavy atom. The highest BCUT2D eigenvalue weighted by atomic mass is 16.3. The smallest absolute Gasteiger partial charge is 0.165 e. The van der Waals surface area contributed by atoms with Gasteiger partial charge in [0, 0.05) is 5.39 Å². The van der Waals surface area contributed by atoms with Crippen molar-refractivity contribution in [2.75, 3.05) is 0 Å². The van der Waals surface area contributed by atoms with Gasteiger partial charge in [-0.25, -0.2) is 0 Å². The molecule has 2 heteroatoms. The first-order valence-corrected chi connectivity index (χ1v) is 13.5. The predicted molar refractivity (Wildman–Crippen MR) is 127 cm³/mol. The molecule has 8 aliphatic rings. The Kier molecular flexibility index (Phi) is 3.53. The number of benzene rings is 2. The maximum absolute atomic E-state index is 11.1. The van der Waals surface area contributed by atoms with E-state index in [2.05, 4.69) is 18.2 Å². The van der Waals surface area contributed by atoms with E-state index in [1.165, 1.54) is 88.0 Å². The van der Waals surface area contributed by atoms with Gasteiger partial charge in [-0.15, -0.1) is 0 Å². The summed E-state index contributed by atoms with van der Waals surface area (Å²) in [4.78, 5) is 0. The molecule has 0 aliphatic heterocycles. The first-order chi connectivity index (χ1) is 15.5. The predicted octanol–water partition coefficient (Wildman–Crippen LogP) is 7.19. The summed E-state index contributed by atoms with van der Waals surface area (Å²) in [6.45, 7) is 0. The highest BCUT2D eigenvalue weighted by molar-refractivity contribution is 5.95. The molecule has 32 heavy (non-hydrogen) atoms. The maximum atomic E-state index is 11.1. The van der Waals surface area contributed by atoms with E-state index in [0.717, 1.165) is 40.9 Å². The summed E-state index contributed by atoms with van der Waals surface area (Å²) >= 11 is 0. The molecule has 10 rings (SSSR count). The largest absolute Gasteiger partial charge is 0.504 e. The molecule has 0 spiro atoms. The van der Waals surface area contributed by atoms with E-state index in [1.807, 2.05) is 0 Å². The van der Waals surface area contributed by atoms with E-state index >= 15 is 0 Å². The molecule has 8 saturated carbocycles. The second kappa shape index (κ2) is 6.05. The van der Waals surface area contributed by atoms with Gasteiger partial charge in [0.1, 0.15) is 0 Å². The minimum atomic E-state index is 0.0473. The van der Waals surface area contributed by atoms with Crippen LogP contribution < -0.4 is 0 Å². The Hall–Kier alpha value is -1.70. The van der Waals surface area contributed by atoms with Gasteiger partial charge in [0.25, 0.3) is 0 Å². The van der Waals surface area contributed by atoms with Crippen molar-refractivity contribution in [3.8, 4) is 11.5 Å². The van der Waals surface area contributed by atoms with Gasteiger partial charge in [-0.05, 0) is 146 Å². The molecule has 8 fully saturated rings. The number of hydrogen-bond donors (Lipinski definition) is 2. The van der Waals surface area contributed by atoms with Gasteiger partial charge in [0.2, 0.25) is 0 Å². The van der Waals surface area contributed by atoms with Crippen LogP contribution in [-0.4, -0.2) is 10.2 Å². The van der Waals surface area contributed by atoms with E-state index in [4.69, 9.17) is 0 Å². The number of aromatic hydroxyl groups is 2. The van der Waals surface area contributed by atoms with Crippen LogP contribution in [0.5, 0.6) is 11.5 Å². The third-order valence-corrected chi connectivity index (χ3v) is 11.3. The third-order valence-electron chi connectivity index (χ3n) is 11.3. The van der Waals surface area contributed by atoms with Crippen LogP contribution in [0.1, 0.15) is 88.2 Å².